The number of fused-ring (bicyclic) bond motifs is 2. The van der Waals surface area contributed by atoms with Crippen molar-refractivity contribution in [1.82, 2.24) is 10.3 Å². The number of aromatic amines is 1. The minimum absolute atomic E-state index is 0. The number of aliphatic hydroxyl groups is 1. The summed E-state index contributed by atoms with van der Waals surface area (Å²) in [5.74, 6) is -0.269. The van der Waals surface area contributed by atoms with Gasteiger partial charge in [0.25, 0.3) is 0 Å². The van der Waals surface area contributed by atoms with Gasteiger partial charge in [0.15, 0.2) is 5.78 Å². The molecule has 5 heteroatoms. The fourth-order valence-electron chi connectivity index (χ4n) is 4.42. The normalized spacial score (nSPS) is 15.9. The second-order valence-corrected chi connectivity index (χ2v) is 7.84. The van der Waals surface area contributed by atoms with Crippen LogP contribution >= 0.6 is 12.4 Å². The highest BCUT2D eigenvalue weighted by atomic mass is 35.5. The lowest BCUT2D eigenvalue weighted by molar-refractivity contribution is -0.117. The molecule has 0 bridgehead atoms. The topological polar surface area (TPSA) is 65.1 Å². The highest BCUT2D eigenvalue weighted by Gasteiger charge is 2.20. The molecule has 158 valence electrons. The molecule has 1 aliphatic rings. The first kappa shape index (κ1) is 22.3. The third kappa shape index (κ3) is 4.84. The third-order valence-electron chi connectivity index (χ3n) is 5.89. The van der Waals surface area contributed by atoms with Crippen molar-refractivity contribution in [2.24, 2.45) is 0 Å². The monoisotopic (exact) mass is 424 g/mol. The Hall–Kier alpha value is -2.40. The lowest BCUT2D eigenvalue weighted by atomic mass is 9.86. The first-order valence-corrected chi connectivity index (χ1v) is 10.4. The summed E-state index contributed by atoms with van der Waals surface area (Å²) in [5.41, 5.74) is 7.61. The number of carbonyl (C=O) groups is 1. The van der Waals surface area contributed by atoms with Gasteiger partial charge in [-0.2, -0.15) is 0 Å². The number of para-hydroxylation sites is 1. The van der Waals surface area contributed by atoms with E-state index in [1.807, 2.05) is 0 Å². The molecule has 0 saturated carbocycles. The van der Waals surface area contributed by atoms with E-state index in [0.29, 0.717) is 6.04 Å². The van der Waals surface area contributed by atoms with Crippen LogP contribution in [0.25, 0.3) is 17.0 Å². The van der Waals surface area contributed by atoms with Crippen LogP contribution in [0.15, 0.2) is 48.5 Å². The molecule has 0 aliphatic heterocycles. The van der Waals surface area contributed by atoms with Crippen molar-refractivity contribution in [3.63, 3.8) is 0 Å². The molecule has 1 aromatic heterocycles. The molecule has 1 unspecified atom stereocenters. The number of benzene rings is 2. The standard InChI is InChI=1S/C25H28N2O2.ClH/c1-17-21(23-6-2-3-7-25(23)27-17)13-14-26-24-8-4-5-19-15-18(10-12-22(19)24)9-11-20(29)16-28;/h2-3,6-7,9-12,15,24,26-28H,4-5,8,13-14,16H2,1H3;1H/b11-9+;. The van der Waals surface area contributed by atoms with Crippen LogP contribution in [-0.2, 0) is 17.6 Å². The SMILES string of the molecule is Cc1[nH]c2ccccc2c1CCNC1CCCc2cc(/C=C/C(=O)CO)ccc21.Cl. The molecule has 0 spiro atoms. The fraction of sp³-hybridized carbons (Fsp3) is 0.320. The summed E-state index contributed by atoms with van der Waals surface area (Å²) in [4.78, 5) is 14.8. The summed E-state index contributed by atoms with van der Waals surface area (Å²) < 4.78 is 0. The Morgan fingerprint density at radius 3 is 2.93 bits per heavy atom. The molecule has 1 heterocycles. The van der Waals surface area contributed by atoms with E-state index in [0.717, 1.165) is 31.4 Å². The van der Waals surface area contributed by atoms with E-state index in [1.54, 1.807) is 6.08 Å². The number of ketones is 1. The number of carbonyl (C=O) groups excluding carboxylic acids is 1. The number of aryl methyl sites for hydroxylation is 2. The van der Waals surface area contributed by atoms with Crippen LogP contribution in [-0.4, -0.2) is 29.0 Å². The Morgan fingerprint density at radius 1 is 1.27 bits per heavy atom. The van der Waals surface area contributed by atoms with Crippen LogP contribution in [0.1, 0.15) is 46.8 Å². The molecule has 1 atom stereocenters. The first-order chi connectivity index (χ1) is 14.2. The number of halogens is 1. The highest BCUT2D eigenvalue weighted by molar-refractivity contribution is 5.94. The number of nitrogens with one attached hydrogen (secondary N) is 2. The molecule has 3 aromatic rings. The maximum absolute atomic E-state index is 11.3. The quantitative estimate of drug-likeness (QED) is 0.482. The van der Waals surface area contributed by atoms with E-state index in [2.05, 4.69) is 59.7 Å². The van der Waals surface area contributed by atoms with Gasteiger partial charge in [0, 0.05) is 22.6 Å². The maximum Gasteiger partial charge on any atom is 0.181 e. The fourth-order valence-corrected chi connectivity index (χ4v) is 4.42. The molecule has 4 nitrogen and oxygen atoms in total. The summed E-state index contributed by atoms with van der Waals surface area (Å²) in [6, 6.07) is 15.3. The van der Waals surface area contributed by atoms with Gasteiger partial charge in [-0.15, -0.1) is 12.4 Å². The maximum atomic E-state index is 11.3. The molecular weight excluding hydrogens is 396 g/mol. The molecule has 0 saturated heterocycles. The minimum Gasteiger partial charge on any atom is -0.388 e. The number of hydrogen-bond donors (Lipinski definition) is 3. The van der Waals surface area contributed by atoms with Gasteiger partial charge < -0.3 is 15.4 Å². The smallest absolute Gasteiger partial charge is 0.181 e. The Kier molecular flexibility index (Phi) is 7.48. The van der Waals surface area contributed by atoms with E-state index >= 15 is 0 Å². The molecule has 0 radical (unpaired) electrons. The predicted molar refractivity (Wildman–Crippen MR) is 125 cm³/mol. The van der Waals surface area contributed by atoms with Crippen LogP contribution < -0.4 is 5.32 Å². The van der Waals surface area contributed by atoms with Gasteiger partial charge in [-0.3, -0.25) is 4.79 Å². The Balaban J connectivity index is 0.00000256. The van der Waals surface area contributed by atoms with Crippen LogP contribution in [0.2, 0.25) is 0 Å². The van der Waals surface area contributed by atoms with E-state index in [4.69, 9.17) is 5.11 Å². The van der Waals surface area contributed by atoms with Crippen LogP contribution in [0.4, 0.5) is 0 Å². The van der Waals surface area contributed by atoms with Crippen molar-refractivity contribution in [1.29, 1.82) is 0 Å². The second-order valence-electron chi connectivity index (χ2n) is 7.84. The summed E-state index contributed by atoms with van der Waals surface area (Å²) in [6.45, 7) is 2.66. The zero-order valence-electron chi connectivity index (χ0n) is 17.3. The van der Waals surface area contributed by atoms with Crippen LogP contribution in [0.3, 0.4) is 0 Å². The largest absolute Gasteiger partial charge is 0.388 e. The number of hydrogen-bond acceptors (Lipinski definition) is 3. The number of rotatable bonds is 7. The molecule has 1 aliphatic carbocycles. The zero-order valence-corrected chi connectivity index (χ0v) is 18.1. The third-order valence-corrected chi connectivity index (χ3v) is 5.89. The average Bonchev–Trinajstić information content (AvgIpc) is 3.07. The van der Waals surface area contributed by atoms with Crippen molar-refractivity contribution in [3.8, 4) is 0 Å². The first-order valence-electron chi connectivity index (χ1n) is 10.4. The average molecular weight is 425 g/mol. The molecule has 30 heavy (non-hydrogen) atoms. The lowest BCUT2D eigenvalue weighted by Gasteiger charge is -2.27. The number of H-pyrrole nitrogens is 1. The molecule has 4 rings (SSSR count). The van der Waals surface area contributed by atoms with Crippen molar-refractivity contribution in [2.75, 3.05) is 13.2 Å². The van der Waals surface area contributed by atoms with Crippen LogP contribution in [0.5, 0.6) is 0 Å². The predicted octanol–water partition coefficient (Wildman–Crippen LogP) is 4.68. The van der Waals surface area contributed by atoms with Gasteiger partial charge >= 0.3 is 0 Å². The van der Waals surface area contributed by atoms with Gasteiger partial charge in [0.2, 0.25) is 0 Å². The zero-order chi connectivity index (χ0) is 20.2. The van der Waals surface area contributed by atoms with E-state index in [-0.39, 0.29) is 18.2 Å². The van der Waals surface area contributed by atoms with Gasteiger partial charge in [-0.05, 0) is 73.5 Å². The molecule has 2 aromatic carbocycles. The summed E-state index contributed by atoms with van der Waals surface area (Å²) in [5, 5.41) is 13.9. The van der Waals surface area contributed by atoms with Crippen molar-refractivity contribution < 1.29 is 9.90 Å². The Morgan fingerprint density at radius 2 is 2.10 bits per heavy atom. The molecular formula is C25H29ClN2O2. The van der Waals surface area contributed by atoms with Crippen molar-refractivity contribution in [2.45, 2.75) is 38.6 Å². The minimum atomic E-state index is -0.441. The van der Waals surface area contributed by atoms with Gasteiger partial charge in [0.1, 0.15) is 6.61 Å². The highest BCUT2D eigenvalue weighted by Crippen LogP contribution is 2.31. The number of aromatic nitrogens is 1. The number of aliphatic hydroxyl groups excluding tert-OH is 1. The molecule has 0 amide bonds. The Labute approximate surface area is 183 Å². The van der Waals surface area contributed by atoms with Crippen molar-refractivity contribution >= 4 is 35.2 Å². The van der Waals surface area contributed by atoms with Crippen molar-refractivity contribution in [3.05, 3.63) is 76.5 Å². The second kappa shape index (κ2) is 10.1. The van der Waals surface area contributed by atoms with E-state index in [9.17, 15) is 4.79 Å². The molecule has 3 N–H and O–H groups in total. The van der Waals surface area contributed by atoms with E-state index < -0.39 is 6.61 Å². The van der Waals surface area contributed by atoms with Crippen LogP contribution in [0, 0.1) is 6.92 Å². The molecule has 0 fully saturated rings. The van der Waals surface area contributed by atoms with Gasteiger partial charge in [-0.25, -0.2) is 0 Å². The van der Waals surface area contributed by atoms with Gasteiger partial charge in [-0.1, -0.05) is 42.5 Å². The summed E-state index contributed by atoms with van der Waals surface area (Å²) >= 11 is 0. The lowest BCUT2D eigenvalue weighted by Crippen LogP contribution is -2.27. The van der Waals surface area contributed by atoms with Gasteiger partial charge in [0.05, 0.1) is 0 Å². The van der Waals surface area contributed by atoms with E-state index in [1.165, 1.54) is 45.8 Å². The Bertz CT molecular complexity index is 1050. The summed E-state index contributed by atoms with van der Waals surface area (Å²) in [7, 11) is 0. The summed E-state index contributed by atoms with van der Waals surface area (Å²) in [6.07, 6.45) is 7.63.